The third-order valence-corrected chi connectivity index (χ3v) is 4.97. The van der Waals surface area contributed by atoms with E-state index in [9.17, 15) is 4.79 Å². The number of pyridine rings is 1. The van der Waals surface area contributed by atoms with E-state index in [4.69, 9.17) is 32.4 Å². The first-order chi connectivity index (χ1) is 13.6. The number of halogens is 2. The molecule has 0 amide bonds. The molecule has 28 heavy (non-hydrogen) atoms. The summed E-state index contributed by atoms with van der Waals surface area (Å²) in [6, 6.07) is 11.8. The van der Waals surface area contributed by atoms with Crippen LogP contribution in [-0.2, 0) is 12.4 Å². The third-order valence-electron chi connectivity index (χ3n) is 3.64. The highest BCUT2D eigenvalue weighted by molar-refractivity contribution is 7.98. The van der Waals surface area contributed by atoms with Crippen molar-refractivity contribution in [1.29, 1.82) is 0 Å². The molecular weight excluding hydrogens is 423 g/mol. The van der Waals surface area contributed by atoms with Crippen LogP contribution in [0.25, 0.3) is 5.65 Å². The molecule has 3 heterocycles. The summed E-state index contributed by atoms with van der Waals surface area (Å²) >= 11 is 13.0. The Balaban J connectivity index is 1.39. The van der Waals surface area contributed by atoms with Crippen LogP contribution in [-0.4, -0.2) is 19.6 Å². The minimum Gasteiger partial charge on any atom is -0.484 e. The van der Waals surface area contributed by atoms with Gasteiger partial charge in [0.15, 0.2) is 6.61 Å². The monoisotopic (exact) mass is 434 g/mol. The molecule has 0 unspecified atom stereocenters. The van der Waals surface area contributed by atoms with Gasteiger partial charge in [0, 0.05) is 23.0 Å². The van der Waals surface area contributed by atoms with Gasteiger partial charge in [0.2, 0.25) is 0 Å². The molecule has 0 aliphatic carbocycles. The van der Waals surface area contributed by atoms with Crippen molar-refractivity contribution in [2.75, 3.05) is 0 Å². The SMILES string of the molecule is O=c1cc(CSc2nnc(COc3ccc(Cl)cc3)o2)nc2ccc(Cl)cn12. The lowest BCUT2D eigenvalue weighted by atomic mass is 10.3. The van der Waals surface area contributed by atoms with E-state index in [-0.39, 0.29) is 12.2 Å². The van der Waals surface area contributed by atoms with Gasteiger partial charge < -0.3 is 9.15 Å². The topological polar surface area (TPSA) is 82.5 Å². The maximum atomic E-state index is 12.2. The summed E-state index contributed by atoms with van der Waals surface area (Å²) < 4.78 is 12.5. The minimum atomic E-state index is -0.203. The summed E-state index contributed by atoms with van der Waals surface area (Å²) in [6.07, 6.45) is 1.54. The number of ether oxygens (including phenoxy) is 1. The van der Waals surface area contributed by atoms with Gasteiger partial charge >= 0.3 is 0 Å². The smallest absolute Gasteiger partial charge is 0.277 e. The van der Waals surface area contributed by atoms with E-state index in [2.05, 4.69) is 15.2 Å². The zero-order valence-electron chi connectivity index (χ0n) is 14.2. The second-order valence-corrected chi connectivity index (χ2v) is 7.45. The van der Waals surface area contributed by atoms with Crippen molar-refractivity contribution in [3.8, 4) is 5.75 Å². The highest BCUT2D eigenvalue weighted by atomic mass is 35.5. The lowest BCUT2D eigenvalue weighted by Gasteiger charge is -2.03. The Morgan fingerprint density at radius 1 is 1.07 bits per heavy atom. The van der Waals surface area contributed by atoms with Crippen molar-refractivity contribution in [3.63, 3.8) is 0 Å². The van der Waals surface area contributed by atoms with E-state index in [1.54, 1.807) is 36.4 Å². The Morgan fingerprint density at radius 2 is 1.86 bits per heavy atom. The summed E-state index contributed by atoms with van der Waals surface area (Å²) in [6.45, 7) is 0.144. The molecule has 3 aromatic heterocycles. The Labute approximate surface area is 173 Å². The van der Waals surface area contributed by atoms with Crippen LogP contribution in [0, 0.1) is 0 Å². The highest BCUT2D eigenvalue weighted by Crippen LogP contribution is 2.22. The summed E-state index contributed by atoms with van der Waals surface area (Å²) in [4.78, 5) is 16.6. The van der Waals surface area contributed by atoms with Gasteiger partial charge in [-0.25, -0.2) is 4.98 Å². The zero-order chi connectivity index (χ0) is 19.5. The van der Waals surface area contributed by atoms with Crippen molar-refractivity contribution in [2.45, 2.75) is 17.6 Å². The molecule has 7 nitrogen and oxygen atoms in total. The average molecular weight is 435 g/mol. The van der Waals surface area contributed by atoms with Gasteiger partial charge in [0.1, 0.15) is 11.4 Å². The maximum Gasteiger partial charge on any atom is 0.277 e. The number of benzene rings is 1. The molecule has 0 aliphatic heterocycles. The first-order valence-corrected chi connectivity index (χ1v) is 9.82. The molecule has 142 valence electrons. The van der Waals surface area contributed by atoms with E-state index in [1.807, 2.05) is 0 Å². The fourth-order valence-corrected chi connectivity index (χ4v) is 3.33. The molecule has 0 fully saturated rings. The van der Waals surface area contributed by atoms with Crippen LogP contribution in [0.5, 0.6) is 5.75 Å². The quantitative estimate of drug-likeness (QED) is 0.419. The number of thioether (sulfide) groups is 1. The predicted octanol–water partition coefficient (Wildman–Crippen LogP) is 4.26. The predicted molar refractivity (Wildman–Crippen MR) is 106 cm³/mol. The molecule has 0 radical (unpaired) electrons. The Morgan fingerprint density at radius 3 is 2.68 bits per heavy atom. The second-order valence-electron chi connectivity index (χ2n) is 5.65. The first-order valence-electron chi connectivity index (χ1n) is 8.08. The number of rotatable bonds is 6. The van der Waals surface area contributed by atoms with Crippen molar-refractivity contribution in [2.24, 2.45) is 0 Å². The van der Waals surface area contributed by atoms with Crippen LogP contribution in [0.4, 0.5) is 0 Å². The molecule has 0 aliphatic rings. The fraction of sp³-hybridized carbons (Fsp3) is 0.111. The van der Waals surface area contributed by atoms with Gasteiger partial charge in [0.05, 0.1) is 10.7 Å². The standard InChI is InChI=1S/C18H12Cl2N4O3S/c19-11-1-4-14(5-2-11)26-9-16-22-23-18(27-16)28-10-13-7-17(25)24-8-12(20)3-6-15(24)21-13/h1-8H,9-10H2. The van der Waals surface area contributed by atoms with E-state index in [0.29, 0.717) is 44.0 Å². The molecule has 0 saturated carbocycles. The van der Waals surface area contributed by atoms with Gasteiger partial charge in [-0.15, -0.1) is 10.2 Å². The van der Waals surface area contributed by atoms with Gasteiger partial charge in [-0.2, -0.15) is 0 Å². The number of hydrogen-bond acceptors (Lipinski definition) is 7. The lowest BCUT2D eigenvalue weighted by Crippen LogP contribution is -2.15. The number of nitrogens with zero attached hydrogens (tertiary/aromatic N) is 4. The summed E-state index contributed by atoms with van der Waals surface area (Å²) in [7, 11) is 0. The molecule has 4 rings (SSSR count). The van der Waals surface area contributed by atoms with E-state index in [1.165, 1.54) is 28.4 Å². The highest BCUT2D eigenvalue weighted by Gasteiger charge is 2.10. The molecule has 0 spiro atoms. The van der Waals surface area contributed by atoms with Crippen molar-refractivity contribution in [1.82, 2.24) is 19.6 Å². The van der Waals surface area contributed by atoms with E-state index >= 15 is 0 Å². The zero-order valence-corrected chi connectivity index (χ0v) is 16.5. The Kier molecular flexibility index (Phi) is 5.52. The Hall–Kier alpha value is -2.55. The number of fused-ring (bicyclic) bond motifs is 1. The summed E-state index contributed by atoms with van der Waals surface area (Å²) in [5.74, 6) is 1.41. The molecule has 0 atom stereocenters. The molecule has 0 N–H and O–H groups in total. The molecule has 1 aromatic carbocycles. The molecule has 0 bridgehead atoms. The van der Waals surface area contributed by atoms with Crippen LogP contribution in [0.15, 0.2) is 63.1 Å². The largest absolute Gasteiger partial charge is 0.484 e. The van der Waals surface area contributed by atoms with Crippen LogP contribution in [0.2, 0.25) is 10.0 Å². The van der Waals surface area contributed by atoms with E-state index < -0.39 is 0 Å². The van der Waals surface area contributed by atoms with Crippen LogP contribution in [0.3, 0.4) is 0 Å². The summed E-state index contributed by atoms with van der Waals surface area (Å²) in [5.41, 5.74) is 0.926. The van der Waals surface area contributed by atoms with Gasteiger partial charge in [-0.05, 0) is 36.4 Å². The Bertz CT molecular complexity index is 1180. The number of hydrogen-bond donors (Lipinski definition) is 0. The molecular formula is C18H12Cl2N4O3S. The fourth-order valence-electron chi connectivity index (χ4n) is 2.37. The maximum absolute atomic E-state index is 12.2. The van der Waals surface area contributed by atoms with Gasteiger partial charge in [0.25, 0.3) is 16.7 Å². The van der Waals surface area contributed by atoms with Crippen molar-refractivity contribution in [3.05, 3.63) is 80.6 Å². The number of aromatic nitrogens is 4. The first kappa shape index (κ1) is 18.8. The normalized spacial score (nSPS) is 11.1. The van der Waals surface area contributed by atoms with Crippen LogP contribution >= 0.6 is 35.0 Å². The minimum absolute atomic E-state index is 0.144. The summed E-state index contributed by atoms with van der Waals surface area (Å²) in [5, 5.41) is 9.39. The lowest BCUT2D eigenvalue weighted by molar-refractivity contribution is 0.252. The van der Waals surface area contributed by atoms with Gasteiger partial charge in [-0.1, -0.05) is 35.0 Å². The third kappa shape index (κ3) is 4.46. The second kappa shape index (κ2) is 8.22. The van der Waals surface area contributed by atoms with E-state index in [0.717, 1.165) is 0 Å². The molecule has 10 heteroatoms. The van der Waals surface area contributed by atoms with Crippen molar-refractivity contribution < 1.29 is 9.15 Å². The van der Waals surface area contributed by atoms with Gasteiger partial charge in [-0.3, -0.25) is 9.20 Å². The van der Waals surface area contributed by atoms with Crippen LogP contribution in [0.1, 0.15) is 11.6 Å². The molecule has 4 aromatic rings. The van der Waals surface area contributed by atoms with Crippen LogP contribution < -0.4 is 10.3 Å². The molecule has 0 saturated heterocycles. The van der Waals surface area contributed by atoms with Crippen molar-refractivity contribution >= 4 is 40.6 Å². The average Bonchev–Trinajstić information content (AvgIpc) is 3.14.